The Morgan fingerprint density at radius 3 is 2.57 bits per heavy atom. The van der Waals surface area contributed by atoms with E-state index < -0.39 is 17.8 Å². The molecule has 1 aromatic heterocycles. The molecule has 0 atom stereocenters. The fourth-order valence-corrected chi connectivity index (χ4v) is 3.72. The van der Waals surface area contributed by atoms with E-state index in [1.54, 1.807) is 12.1 Å². The highest BCUT2D eigenvalue weighted by molar-refractivity contribution is 7.17. The largest absolute Gasteiger partial charge is 0.331 e. The highest BCUT2D eigenvalue weighted by Crippen LogP contribution is 2.28. The highest BCUT2D eigenvalue weighted by atomic mass is 35.5. The molecule has 0 aromatic carbocycles. The zero-order valence-corrected chi connectivity index (χ0v) is 12.7. The van der Waals surface area contributed by atoms with Gasteiger partial charge in [-0.25, -0.2) is 4.79 Å². The number of rotatable bonds is 2. The average molecular weight is 325 g/mol. The van der Waals surface area contributed by atoms with E-state index in [4.69, 9.17) is 11.6 Å². The summed E-state index contributed by atoms with van der Waals surface area (Å²) in [6.07, 6.45) is 5.07. The summed E-state index contributed by atoms with van der Waals surface area (Å²) in [7, 11) is 0. The molecule has 21 heavy (non-hydrogen) atoms. The summed E-state index contributed by atoms with van der Waals surface area (Å²) in [6, 6.07) is 2.71. The maximum atomic E-state index is 12.5. The van der Waals surface area contributed by atoms with Crippen molar-refractivity contribution in [2.75, 3.05) is 0 Å². The average Bonchev–Trinajstić information content (AvgIpc) is 3.06. The van der Waals surface area contributed by atoms with Crippen LogP contribution in [0.15, 0.2) is 17.7 Å². The van der Waals surface area contributed by atoms with Crippen molar-refractivity contribution in [3.05, 3.63) is 26.9 Å². The van der Waals surface area contributed by atoms with E-state index in [0.29, 0.717) is 9.21 Å². The van der Waals surface area contributed by atoms with Crippen LogP contribution in [0.5, 0.6) is 0 Å². The maximum Gasteiger partial charge on any atom is 0.331 e. The topological polar surface area (TPSA) is 66.5 Å². The van der Waals surface area contributed by atoms with E-state index in [0.717, 1.165) is 25.7 Å². The minimum atomic E-state index is -0.649. The van der Waals surface area contributed by atoms with Crippen LogP contribution in [0, 0.1) is 0 Å². The monoisotopic (exact) mass is 324 g/mol. The lowest BCUT2D eigenvalue weighted by atomic mass is 10.1. The number of urea groups is 1. The van der Waals surface area contributed by atoms with E-state index >= 15 is 0 Å². The number of amides is 4. The lowest BCUT2D eigenvalue weighted by Crippen LogP contribution is -2.57. The molecule has 1 aliphatic carbocycles. The molecule has 1 aromatic rings. The number of halogens is 1. The van der Waals surface area contributed by atoms with Gasteiger partial charge in [0.05, 0.1) is 4.34 Å². The van der Waals surface area contributed by atoms with Crippen LogP contribution in [0.25, 0.3) is 6.08 Å². The normalized spacial score (nSPS) is 22.2. The Labute approximate surface area is 130 Å². The molecular formula is C14H13ClN2O3S. The molecule has 1 aliphatic heterocycles. The fraction of sp³-hybridized carbons (Fsp3) is 0.357. The molecule has 0 unspecified atom stereocenters. The Hall–Kier alpha value is -1.66. The molecule has 5 nitrogen and oxygen atoms in total. The van der Waals surface area contributed by atoms with Gasteiger partial charge in [-0.1, -0.05) is 24.4 Å². The smallest absolute Gasteiger partial charge is 0.273 e. The third kappa shape index (κ3) is 2.73. The highest BCUT2D eigenvalue weighted by Gasteiger charge is 2.40. The lowest BCUT2D eigenvalue weighted by molar-refractivity contribution is -0.131. The number of hydrogen-bond donors (Lipinski definition) is 1. The minimum absolute atomic E-state index is 0.0139. The van der Waals surface area contributed by atoms with Gasteiger partial charge in [0.2, 0.25) is 0 Å². The first-order chi connectivity index (χ1) is 10.1. The predicted molar refractivity (Wildman–Crippen MR) is 79.9 cm³/mol. The Balaban J connectivity index is 1.92. The van der Waals surface area contributed by atoms with Gasteiger partial charge in [-0.05, 0) is 31.1 Å². The molecule has 1 N–H and O–H groups in total. The molecule has 3 rings (SSSR count). The second-order valence-electron chi connectivity index (χ2n) is 5.07. The number of carbonyl (C=O) groups excluding carboxylic acids is 3. The minimum Gasteiger partial charge on any atom is -0.273 e. The summed E-state index contributed by atoms with van der Waals surface area (Å²) < 4.78 is 0.578. The molecule has 1 saturated heterocycles. The summed E-state index contributed by atoms with van der Waals surface area (Å²) in [6.45, 7) is 0. The summed E-state index contributed by atoms with van der Waals surface area (Å²) in [5.41, 5.74) is -0.0139. The van der Waals surface area contributed by atoms with Crippen molar-refractivity contribution in [1.82, 2.24) is 10.2 Å². The standard InChI is InChI=1S/C14H13ClN2O3S/c15-11-6-5-9(21-11)7-10-12(18)16-14(20)17(13(10)19)8-3-1-2-4-8/h5-8H,1-4H2,(H,16,18,20)/b10-7+. The molecule has 2 aliphatic rings. The molecule has 7 heteroatoms. The van der Waals surface area contributed by atoms with Gasteiger partial charge in [0.15, 0.2) is 0 Å². The number of barbiturate groups is 1. The number of thiophene rings is 1. The van der Waals surface area contributed by atoms with E-state index in [1.165, 1.54) is 22.3 Å². The summed E-state index contributed by atoms with van der Waals surface area (Å²) in [5.74, 6) is -1.16. The van der Waals surface area contributed by atoms with Gasteiger partial charge < -0.3 is 0 Å². The summed E-state index contributed by atoms with van der Waals surface area (Å²) >= 11 is 7.12. The summed E-state index contributed by atoms with van der Waals surface area (Å²) in [4.78, 5) is 38.2. The first-order valence-corrected chi connectivity index (χ1v) is 7.91. The first kappa shape index (κ1) is 14.3. The van der Waals surface area contributed by atoms with Crippen molar-refractivity contribution >= 4 is 46.9 Å². The van der Waals surface area contributed by atoms with Gasteiger partial charge in [0, 0.05) is 10.9 Å². The predicted octanol–water partition coefficient (Wildman–Crippen LogP) is 2.81. The van der Waals surface area contributed by atoms with Gasteiger partial charge in [-0.2, -0.15) is 0 Å². The molecule has 0 radical (unpaired) electrons. The van der Waals surface area contributed by atoms with E-state index in [2.05, 4.69) is 5.32 Å². The van der Waals surface area contributed by atoms with Crippen LogP contribution in [-0.2, 0) is 9.59 Å². The molecule has 0 spiro atoms. The molecule has 0 bridgehead atoms. The van der Waals surface area contributed by atoms with Gasteiger partial charge in [-0.3, -0.25) is 19.8 Å². The SMILES string of the molecule is O=C1NC(=O)N(C2CCCC2)C(=O)/C1=C/c1ccc(Cl)s1. The second kappa shape index (κ2) is 5.61. The van der Waals surface area contributed by atoms with Gasteiger partial charge in [0.25, 0.3) is 11.8 Å². The van der Waals surface area contributed by atoms with Crippen LogP contribution < -0.4 is 5.32 Å². The van der Waals surface area contributed by atoms with Crippen molar-refractivity contribution in [3.8, 4) is 0 Å². The van der Waals surface area contributed by atoms with Gasteiger partial charge in [0.1, 0.15) is 5.57 Å². The molecular weight excluding hydrogens is 312 g/mol. The third-order valence-electron chi connectivity index (χ3n) is 3.70. The Morgan fingerprint density at radius 1 is 1.24 bits per heavy atom. The maximum absolute atomic E-state index is 12.5. The zero-order chi connectivity index (χ0) is 15.0. The van der Waals surface area contributed by atoms with Crippen LogP contribution in [0.4, 0.5) is 4.79 Å². The number of nitrogens with zero attached hydrogens (tertiary/aromatic N) is 1. The lowest BCUT2D eigenvalue weighted by Gasteiger charge is -2.31. The molecule has 2 heterocycles. The Kier molecular flexibility index (Phi) is 3.82. The van der Waals surface area contributed by atoms with Crippen molar-refractivity contribution in [3.63, 3.8) is 0 Å². The van der Waals surface area contributed by atoms with E-state index in [1.807, 2.05) is 0 Å². The van der Waals surface area contributed by atoms with E-state index in [9.17, 15) is 14.4 Å². The van der Waals surface area contributed by atoms with Crippen LogP contribution in [-0.4, -0.2) is 28.8 Å². The zero-order valence-electron chi connectivity index (χ0n) is 11.1. The molecule has 2 fully saturated rings. The van der Waals surface area contributed by atoms with Crippen LogP contribution >= 0.6 is 22.9 Å². The van der Waals surface area contributed by atoms with Crippen LogP contribution in [0.3, 0.4) is 0 Å². The van der Waals surface area contributed by atoms with Gasteiger partial charge in [-0.15, -0.1) is 11.3 Å². The molecule has 1 saturated carbocycles. The van der Waals surface area contributed by atoms with Crippen molar-refractivity contribution in [2.24, 2.45) is 0 Å². The number of nitrogens with one attached hydrogen (secondary N) is 1. The van der Waals surface area contributed by atoms with Crippen molar-refractivity contribution in [2.45, 2.75) is 31.7 Å². The first-order valence-electron chi connectivity index (χ1n) is 6.72. The molecule has 110 valence electrons. The van der Waals surface area contributed by atoms with E-state index in [-0.39, 0.29) is 11.6 Å². The Morgan fingerprint density at radius 2 is 1.95 bits per heavy atom. The summed E-state index contributed by atoms with van der Waals surface area (Å²) in [5, 5.41) is 2.24. The number of hydrogen-bond acceptors (Lipinski definition) is 4. The third-order valence-corrected chi connectivity index (χ3v) is 4.88. The fourth-order valence-electron chi connectivity index (χ4n) is 2.71. The van der Waals surface area contributed by atoms with Gasteiger partial charge >= 0.3 is 6.03 Å². The number of carbonyl (C=O) groups is 3. The van der Waals surface area contributed by atoms with Crippen molar-refractivity contribution in [1.29, 1.82) is 0 Å². The quantitative estimate of drug-likeness (QED) is 0.672. The second-order valence-corrected chi connectivity index (χ2v) is 6.82. The Bertz CT molecular complexity index is 646. The van der Waals surface area contributed by atoms with Crippen LogP contribution in [0.1, 0.15) is 30.6 Å². The number of imide groups is 2. The van der Waals surface area contributed by atoms with Crippen molar-refractivity contribution < 1.29 is 14.4 Å². The van der Waals surface area contributed by atoms with Crippen LogP contribution in [0.2, 0.25) is 4.34 Å². The molecule has 4 amide bonds.